The summed E-state index contributed by atoms with van der Waals surface area (Å²) in [6, 6.07) is 77.5. The molecule has 0 amide bonds. The van der Waals surface area contributed by atoms with Crippen LogP contribution in [0.4, 0.5) is 17.1 Å². The van der Waals surface area contributed by atoms with Crippen molar-refractivity contribution in [1.29, 1.82) is 0 Å². The van der Waals surface area contributed by atoms with Gasteiger partial charge in [-0.25, -0.2) is 0 Å². The van der Waals surface area contributed by atoms with Crippen molar-refractivity contribution in [2.75, 3.05) is 4.90 Å². The SMILES string of the molecule is c1ccc(-c2ccc3c(c2)sc2c(N(c4ccc(-c5ccccc5-c5ccccc5)cc4)c4ccc(-c5ccccc5)c5sc6ccccc6c45)cccc23)cc1. The smallest absolute Gasteiger partial charge is 0.0640 e. The van der Waals surface area contributed by atoms with Crippen LogP contribution < -0.4 is 4.90 Å². The standard InChI is InChI=1S/C54H35NS2/c1-4-15-36(16-5-1)40-29-32-45-46-24-14-25-49(53(46)57-51(45)35-40)55(41-30-27-39(28-31-41)43-22-11-10-21-42(43)37-17-6-2-7-18-37)48-34-33-44(38-19-8-3-9-20-38)54-52(48)47-23-12-13-26-50(47)56-54/h1-35H. The van der Waals surface area contributed by atoms with Crippen LogP contribution in [0, 0.1) is 0 Å². The Morgan fingerprint density at radius 3 is 1.58 bits per heavy atom. The van der Waals surface area contributed by atoms with E-state index in [1.807, 2.05) is 22.7 Å². The van der Waals surface area contributed by atoms with Crippen molar-refractivity contribution >= 4 is 80.1 Å². The lowest BCUT2D eigenvalue weighted by atomic mass is 9.94. The molecule has 0 bridgehead atoms. The maximum Gasteiger partial charge on any atom is 0.0640 e. The summed E-state index contributed by atoms with van der Waals surface area (Å²) < 4.78 is 5.15. The molecule has 0 aliphatic heterocycles. The fraction of sp³-hybridized carbons (Fsp3) is 0. The van der Waals surface area contributed by atoms with Crippen LogP contribution >= 0.6 is 22.7 Å². The van der Waals surface area contributed by atoms with Gasteiger partial charge in [-0.15, -0.1) is 22.7 Å². The average molecular weight is 762 g/mol. The van der Waals surface area contributed by atoms with Gasteiger partial charge in [0.2, 0.25) is 0 Å². The third kappa shape index (κ3) is 5.83. The van der Waals surface area contributed by atoms with Crippen molar-refractivity contribution in [1.82, 2.24) is 0 Å². The van der Waals surface area contributed by atoms with Gasteiger partial charge in [0, 0.05) is 41.3 Å². The molecular formula is C54H35NS2. The van der Waals surface area contributed by atoms with E-state index in [4.69, 9.17) is 0 Å². The average Bonchev–Trinajstić information content (AvgIpc) is 3.87. The second-order valence-corrected chi connectivity index (χ2v) is 16.5. The molecule has 0 fully saturated rings. The Kier molecular flexibility index (Phi) is 8.28. The summed E-state index contributed by atoms with van der Waals surface area (Å²) in [5.41, 5.74) is 13.3. The molecular weight excluding hydrogens is 727 g/mol. The highest BCUT2D eigenvalue weighted by Crippen LogP contribution is 2.51. The summed E-state index contributed by atoms with van der Waals surface area (Å²) in [6.45, 7) is 0. The maximum absolute atomic E-state index is 2.51. The van der Waals surface area contributed by atoms with Gasteiger partial charge < -0.3 is 4.90 Å². The van der Waals surface area contributed by atoms with E-state index in [-0.39, 0.29) is 0 Å². The van der Waals surface area contributed by atoms with Crippen molar-refractivity contribution in [3.63, 3.8) is 0 Å². The Morgan fingerprint density at radius 2 is 0.860 bits per heavy atom. The van der Waals surface area contributed by atoms with E-state index < -0.39 is 0 Å². The Labute approximate surface area is 340 Å². The third-order valence-corrected chi connectivity index (χ3v) is 13.5. The molecule has 0 aliphatic carbocycles. The first kappa shape index (κ1) is 33.5. The number of thiophene rings is 2. The molecule has 2 aromatic heterocycles. The van der Waals surface area contributed by atoms with Crippen LogP contribution in [0.1, 0.15) is 0 Å². The maximum atomic E-state index is 2.51. The van der Waals surface area contributed by atoms with Crippen molar-refractivity contribution in [2.24, 2.45) is 0 Å². The highest BCUT2D eigenvalue weighted by Gasteiger charge is 2.24. The van der Waals surface area contributed by atoms with Gasteiger partial charge in [0.15, 0.2) is 0 Å². The summed E-state index contributed by atoms with van der Waals surface area (Å²) >= 11 is 3.77. The summed E-state index contributed by atoms with van der Waals surface area (Å²) in [4.78, 5) is 2.51. The molecule has 57 heavy (non-hydrogen) atoms. The number of nitrogens with zero attached hydrogens (tertiary/aromatic N) is 1. The summed E-state index contributed by atoms with van der Waals surface area (Å²) in [5.74, 6) is 0. The van der Waals surface area contributed by atoms with Gasteiger partial charge in [-0.3, -0.25) is 0 Å². The molecule has 3 heteroatoms. The minimum absolute atomic E-state index is 1.12. The molecule has 0 saturated heterocycles. The van der Waals surface area contributed by atoms with Crippen molar-refractivity contribution in [3.8, 4) is 44.5 Å². The minimum Gasteiger partial charge on any atom is -0.308 e. The zero-order valence-corrected chi connectivity index (χ0v) is 32.6. The molecule has 0 spiro atoms. The Hall–Kier alpha value is -6.78. The largest absolute Gasteiger partial charge is 0.308 e. The molecule has 0 atom stereocenters. The second kappa shape index (κ2) is 14.1. The van der Waals surface area contributed by atoms with E-state index >= 15 is 0 Å². The zero-order valence-electron chi connectivity index (χ0n) is 31.0. The molecule has 2 heterocycles. The van der Waals surface area contributed by atoms with Crippen molar-refractivity contribution < 1.29 is 0 Å². The Balaban J connectivity index is 1.15. The van der Waals surface area contributed by atoms with Gasteiger partial charge >= 0.3 is 0 Å². The van der Waals surface area contributed by atoms with Crippen LogP contribution in [0.15, 0.2) is 212 Å². The highest BCUT2D eigenvalue weighted by molar-refractivity contribution is 7.27. The number of hydrogen-bond acceptors (Lipinski definition) is 3. The first-order valence-electron chi connectivity index (χ1n) is 19.3. The number of anilines is 3. The summed E-state index contributed by atoms with van der Waals surface area (Å²) in [7, 11) is 0. The van der Waals surface area contributed by atoms with Crippen LogP contribution in [0.25, 0.3) is 84.9 Å². The van der Waals surface area contributed by atoms with Crippen LogP contribution in [-0.2, 0) is 0 Å². The fourth-order valence-electron chi connectivity index (χ4n) is 8.41. The highest BCUT2D eigenvalue weighted by atomic mass is 32.1. The normalized spacial score (nSPS) is 11.5. The van der Waals surface area contributed by atoms with Crippen molar-refractivity contribution in [2.45, 2.75) is 0 Å². The van der Waals surface area contributed by atoms with Gasteiger partial charge in [0.25, 0.3) is 0 Å². The Morgan fingerprint density at radius 1 is 0.298 bits per heavy atom. The fourth-order valence-corrected chi connectivity index (χ4v) is 10.9. The monoisotopic (exact) mass is 761 g/mol. The first-order valence-corrected chi connectivity index (χ1v) is 21.0. The van der Waals surface area contributed by atoms with Crippen LogP contribution in [0.5, 0.6) is 0 Å². The molecule has 0 saturated carbocycles. The molecule has 268 valence electrons. The molecule has 0 N–H and O–H groups in total. The second-order valence-electron chi connectivity index (χ2n) is 14.4. The van der Waals surface area contributed by atoms with E-state index in [2.05, 4.69) is 217 Å². The molecule has 0 radical (unpaired) electrons. The van der Waals surface area contributed by atoms with Gasteiger partial charge in [-0.05, 0) is 80.9 Å². The lowest BCUT2D eigenvalue weighted by Gasteiger charge is -2.28. The predicted molar refractivity (Wildman–Crippen MR) is 249 cm³/mol. The predicted octanol–water partition coefficient (Wildman–Crippen LogP) is 16.6. The summed E-state index contributed by atoms with van der Waals surface area (Å²) in [5, 5.41) is 5.12. The van der Waals surface area contributed by atoms with E-state index in [1.165, 1.54) is 96.2 Å². The zero-order chi connectivity index (χ0) is 37.7. The quantitative estimate of drug-likeness (QED) is 0.156. The van der Waals surface area contributed by atoms with E-state index in [0.29, 0.717) is 0 Å². The number of rotatable bonds is 7. The van der Waals surface area contributed by atoms with E-state index in [0.717, 1.165) is 5.69 Å². The molecule has 11 rings (SSSR count). The molecule has 0 unspecified atom stereocenters. The van der Waals surface area contributed by atoms with Crippen LogP contribution in [0.3, 0.4) is 0 Å². The lowest BCUT2D eigenvalue weighted by Crippen LogP contribution is -2.10. The number of fused-ring (bicyclic) bond motifs is 6. The molecule has 11 aromatic rings. The minimum atomic E-state index is 1.12. The number of benzene rings is 9. The van der Waals surface area contributed by atoms with Gasteiger partial charge in [0.05, 0.1) is 16.1 Å². The van der Waals surface area contributed by atoms with Gasteiger partial charge in [-0.1, -0.05) is 176 Å². The van der Waals surface area contributed by atoms with Crippen molar-refractivity contribution in [3.05, 3.63) is 212 Å². The van der Waals surface area contributed by atoms with E-state index in [9.17, 15) is 0 Å². The summed E-state index contributed by atoms with van der Waals surface area (Å²) in [6.07, 6.45) is 0. The number of hydrogen-bond donors (Lipinski definition) is 0. The first-order chi connectivity index (χ1) is 28.3. The third-order valence-electron chi connectivity index (χ3n) is 11.1. The topological polar surface area (TPSA) is 3.24 Å². The van der Waals surface area contributed by atoms with Crippen LogP contribution in [-0.4, -0.2) is 0 Å². The van der Waals surface area contributed by atoms with Crippen LogP contribution in [0.2, 0.25) is 0 Å². The lowest BCUT2D eigenvalue weighted by molar-refractivity contribution is 1.32. The molecule has 1 nitrogen and oxygen atoms in total. The Bertz CT molecular complexity index is 3220. The van der Waals surface area contributed by atoms with Gasteiger partial charge in [-0.2, -0.15) is 0 Å². The van der Waals surface area contributed by atoms with E-state index in [1.54, 1.807) is 0 Å². The molecule has 9 aromatic carbocycles. The molecule has 0 aliphatic rings. The van der Waals surface area contributed by atoms with Gasteiger partial charge in [0.1, 0.15) is 0 Å².